The molecule has 1 aromatic heterocycles. The zero-order valence-corrected chi connectivity index (χ0v) is 15.4. The number of carboxylic acid groups (broad SMARTS) is 1. The van der Waals surface area contributed by atoms with Crippen molar-refractivity contribution in [3.63, 3.8) is 0 Å². The summed E-state index contributed by atoms with van der Waals surface area (Å²) in [7, 11) is 4.59. The predicted molar refractivity (Wildman–Crippen MR) is 93.9 cm³/mol. The number of hydrogen-bond acceptors (Lipinski definition) is 7. The van der Waals surface area contributed by atoms with Gasteiger partial charge in [0, 0.05) is 6.42 Å². The summed E-state index contributed by atoms with van der Waals surface area (Å²) >= 11 is 0. The van der Waals surface area contributed by atoms with Crippen LogP contribution in [0.2, 0.25) is 0 Å². The molecule has 1 aromatic carbocycles. The number of aromatic nitrogens is 3. The Hall–Kier alpha value is -3.30. The number of benzene rings is 1. The summed E-state index contributed by atoms with van der Waals surface area (Å²) in [5.41, 5.74) is 1.30. The molecule has 0 radical (unpaired) electrons. The van der Waals surface area contributed by atoms with Crippen molar-refractivity contribution in [1.82, 2.24) is 20.3 Å². The molecule has 2 N–H and O–H groups in total. The molecule has 1 heterocycles. The highest BCUT2D eigenvalue weighted by Gasteiger charge is 2.16. The number of amides is 1. The summed E-state index contributed by atoms with van der Waals surface area (Å²) in [6.45, 7) is -0.110. The van der Waals surface area contributed by atoms with Crippen LogP contribution >= 0.6 is 0 Å². The Morgan fingerprint density at radius 1 is 1.15 bits per heavy atom. The summed E-state index contributed by atoms with van der Waals surface area (Å²) in [6, 6.07) is 3.58. The van der Waals surface area contributed by atoms with E-state index in [1.54, 1.807) is 6.07 Å². The van der Waals surface area contributed by atoms with E-state index in [0.717, 1.165) is 5.56 Å². The maximum atomic E-state index is 12.1. The molecule has 0 unspecified atom stereocenters. The van der Waals surface area contributed by atoms with E-state index in [1.807, 2.05) is 6.07 Å². The van der Waals surface area contributed by atoms with Gasteiger partial charge in [-0.05, 0) is 18.1 Å². The van der Waals surface area contributed by atoms with Crippen LogP contribution in [0.5, 0.6) is 17.2 Å². The quantitative estimate of drug-likeness (QED) is 0.617. The number of methoxy groups -OCH3 is 3. The van der Waals surface area contributed by atoms with Crippen LogP contribution in [0, 0.1) is 0 Å². The van der Waals surface area contributed by atoms with Crippen molar-refractivity contribution < 1.29 is 28.9 Å². The van der Waals surface area contributed by atoms with Crippen molar-refractivity contribution >= 4 is 11.9 Å². The molecule has 0 aliphatic rings. The fourth-order valence-electron chi connectivity index (χ4n) is 2.52. The number of carboxylic acids is 1. The van der Waals surface area contributed by atoms with Gasteiger partial charge in [0.25, 0.3) is 0 Å². The Kier molecular flexibility index (Phi) is 6.98. The van der Waals surface area contributed by atoms with Crippen LogP contribution in [0.25, 0.3) is 0 Å². The number of nitrogens with zero attached hydrogens (tertiary/aromatic N) is 3. The number of aryl methyl sites for hydroxylation is 1. The molecule has 0 spiro atoms. The molecule has 1 amide bonds. The molecule has 2 aromatic rings. The number of nitrogens with one attached hydrogen (secondary N) is 1. The van der Waals surface area contributed by atoms with E-state index in [9.17, 15) is 9.59 Å². The number of hydrogen-bond donors (Lipinski definition) is 2. The standard InChI is InChI=1S/C17H22N4O6/c1-25-13-6-4-11(16(26-2)17(13)27-3)5-7-14(22)18-8-12-9-21(20-19-12)10-15(23)24/h4,6,9H,5,7-8,10H2,1-3H3,(H,18,22)(H,23,24). The summed E-state index contributed by atoms with van der Waals surface area (Å²) in [4.78, 5) is 22.7. The predicted octanol–water partition coefficient (Wildman–Crippen LogP) is 0.638. The second kappa shape index (κ2) is 9.41. The lowest BCUT2D eigenvalue weighted by Crippen LogP contribution is -2.23. The Bertz CT molecular complexity index is 805. The molecule has 0 fully saturated rings. The first-order valence-corrected chi connectivity index (χ1v) is 8.13. The number of aliphatic carboxylic acids is 1. The monoisotopic (exact) mass is 378 g/mol. The van der Waals surface area contributed by atoms with Gasteiger partial charge >= 0.3 is 5.97 Å². The molecule has 0 atom stereocenters. The van der Waals surface area contributed by atoms with E-state index >= 15 is 0 Å². The van der Waals surface area contributed by atoms with E-state index in [4.69, 9.17) is 19.3 Å². The second-order valence-electron chi connectivity index (χ2n) is 5.57. The van der Waals surface area contributed by atoms with E-state index in [2.05, 4.69) is 15.6 Å². The fraction of sp³-hybridized carbons (Fsp3) is 0.412. The lowest BCUT2D eigenvalue weighted by molar-refractivity contribution is -0.138. The number of carbonyl (C=O) groups is 2. The minimum atomic E-state index is -1.01. The third-order valence-electron chi connectivity index (χ3n) is 3.76. The Morgan fingerprint density at radius 3 is 2.52 bits per heavy atom. The molecule has 27 heavy (non-hydrogen) atoms. The zero-order valence-electron chi connectivity index (χ0n) is 15.4. The first kappa shape index (κ1) is 20.0. The van der Waals surface area contributed by atoms with E-state index in [1.165, 1.54) is 32.2 Å². The lowest BCUT2D eigenvalue weighted by Gasteiger charge is -2.15. The van der Waals surface area contributed by atoms with Crippen LogP contribution in [0.4, 0.5) is 0 Å². The smallest absolute Gasteiger partial charge is 0.325 e. The molecular weight excluding hydrogens is 356 g/mol. The highest BCUT2D eigenvalue weighted by molar-refractivity contribution is 5.76. The molecule has 0 aliphatic heterocycles. The summed E-state index contributed by atoms with van der Waals surface area (Å²) in [5.74, 6) is 0.361. The van der Waals surface area contributed by atoms with Crippen LogP contribution in [0.1, 0.15) is 17.7 Å². The average Bonchev–Trinajstić information content (AvgIpc) is 3.10. The topological polar surface area (TPSA) is 125 Å². The van der Waals surface area contributed by atoms with Crippen molar-refractivity contribution in [1.29, 1.82) is 0 Å². The summed E-state index contributed by atoms with van der Waals surface area (Å²) in [6.07, 6.45) is 2.15. The Labute approximate surface area is 156 Å². The zero-order chi connectivity index (χ0) is 19.8. The molecule has 0 saturated carbocycles. The van der Waals surface area contributed by atoms with Crippen molar-refractivity contribution in [3.8, 4) is 17.2 Å². The average molecular weight is 378 g/mol. The molecule has 10 heteroatoms. The maximum absolute atomic E-state index is 12.1. The van der Waals surface area contributed by atoms with Gasteiger partial charge in [-0.15, -0.1) is 5.10 Å². The number of ether oxygens (including phenoxy) is 3. The highest BCUT2D eigenvalue weighted by atomic mass is 16.5. The van der Waals surface area contributed by atoms with E-state index < -0.39 is 5.97 Å². The molecule has 0 bridgehead atoms. The van der Waals surface area contributed by atoms with Crippen LogP contribution < -0.4 is 19.5 Å². The van der Waals surface area contributed by atoms with Crippen LogP contribution in [-0.2, 0) is 29.1 Å². The molecule has 0 saturated heterocycles. The van der Waals surface area contributed by atoms with Gasteiger partial charge in [-0.1, -0.05) is 11.3 Å². The molecule has 146 valence electrons. The van der Waals surface area contributed by atoms with Gasteiger partial charge in [0.1, 0.15) is 12.2 Å². The third-order valence-corrected chi connectivity index (χ3v) is 3.76. The van der Waals surface area contributed by atoms with Crippen molar-refractivity contribution in [3.05, 3.63) is 29.6 Å². The molecule has 2 rings (SSSR count). The van der Waals surface area contributed by atoms with Gasteiger partial charge in [0.15, 0.2) is 11.5 Å². The number of carbonyl (C=O) groups excluding carboxylic acids is 1. The maximum Gasteiger partial charge on any atom is 0.325 e. The van der Waals surface area contributed by atoms with Crippen molar-refractivity contribution in [2.24, 2.45) is 0 Å². The van der Waals surface area contributed by atoms with Crippen molar-refractivity contribution in [2.45, 2.75) is 25.9 Å². The van der Waals surface area contributed by atoms with E-state index in [-0.39, 0.29) is 25.4 Å². The second-order valence-corrected chi connectivity index (χ2v) is 5.57. The Balaban J connectivity index is 1.92. The van der Waals surface area contributed by atoms with Crippen LogP contribution in [-0.4, -0.2) is 53.3 Å². The van der Waals surface area contributed by atoms with Gasteiger partial charge < -0.3 is 24.6 Å². The Morgan fingerprint density at radius 2 is 1.89 bits per heavy atom. The van der Waals surface area contributed by atoms with Gasteiger partial charge in [0.2, 0.25) is 11.7 Å². The first-order chi connectivity index (χ1) is 13.0. The minimum Gasteiger partial charge on any atom is -0.493 e. The highest BCUT2D eigenvalue weighted by Crippen LogP contribution is 2.40. The van der Waals surface area contributed by atoms with Gasteiger partial charge in [-0.3, -0.25) is 9.59 Å². The SMILES string of the molecule is COc1ccc(CCC(=O)NCc2cn(CC(=O)O)nn2)c(OC)c1OC. The summed E-state index contributed by atoms with van der Waals surface area (Å²) in [5, 5.41) is 18.9. The minimum absolute atomic E-state index is 0.168. The van der Waals surface area contributed by atoms with Crippen molar-refractivity contribution in [2.75, 3.05) is 21.3 Å². The van der Waals surface area contributed by atoms with Gasteiger partial charge in [-0.2, -0.15) is 0 Å². The number of rotatable bonds is 10. The molecule has 10 nitrogen and oxygen atoms in total. The van der Waals surface area contributed by atoms with E-state index in [0.29, 0.717) is 29.4 Å². The largest absolute Gasteiger partial charge is 0.493 e. The fourth-order valence-corrected chi connectivity index (χ4v) is 2.52. The first-order valence-electron chi connectivity index (χ1n) is 8.13. The van der Waals surface area contributed by atoms with Crippen LogP contribution in [0.15, 0.2) is 18.3 Å². The third kappa shape index (κ3) is 5.33. The summed E-state index contributed by atoms with van der Waals surface area (Å²) < 4.78 is 17.2. The molecular formula is C17H22N4O6. The van der Waals surface area contributed by atoms with Gasteiger partial charge in [-0.25, -0.2) is 4.68 Å². The van der Waals surface area contributed by atoms with Crippen LogP contribution in [0.3, 0.4) is 0 Å². The lowest BCUT2D eigenvalue weighted by atomic mass is 10.1. The normalized spacial score (nSPS) is 10.3. The van der Waals surface area contributed by atoms with Gasteiger partial charge in [0.05, 0.1) is 34.1 Å². The molecule has 0 aliphatic carbocycles.